The number of methoxy groups -OCH3 is 1. The highest BCUT2D eigenvalue weighted by Gasteiger charge is 2.48. The van der Waals surface area contributed by atoms with Crippen LogP contribution in [0.5, 0.6) is 5.75 Å². The molecule has 2 aromatic rings. The van der Waals surface area contributed by atoms with Crippen LogP contribution in [0, 0.1) is 0 Å². The quantitative estimate of drug-likeness (QED) is 0.780. The molecular formula is C18H14BrClO4. The summed E-state index contributed by atoms with van der Waals surface area (Å²) in [6.45, 7) is 0. The lowest BCUT2D eigenvalue weighted by molar-refractivity contribution is -0.172. The first-order chi connectivity index (χ1) is 11.5. The fourth-order valence-electron chi connectivity index (χ4n) is 2.64. The highest BCUT2D eigenvalue weighted by atomic mass is 79.9. The molecule has 0 amide bonds. The number of carbonyl (C=O) groups excluding carboxylic acids is 1. The number of ether oxygens (including phenoxy) is 2. The Balaban J connectivity index is 2.09. The summed E-state index contributed by atoms with van der Waals surface area (Å²) in [6.07, 6.45) is 2.41. The van der Waals surface area contributed by atoms with Gasteiger partial charge in [0.2, 0.25) is 5.60 Å². The first-order valence-electron chi connectivity index (χ1n) is 7.17. The van der Waals surface area contributed by atoms with Crippen LogP contribution in [0.25, 0.3) is 6.08 Å². The third kappa shape index (κ3) is 2.83. The number of para-hydroxylation sites is 1. The van der Waals surface area contributed by atoms with E-state index in [0.717, 1.165) is 10.0 Å². The van der Waals surface area contributed by atoms with Gasteiger partial charge in [-0.1, -0.05) is 57.9 Å². The molecule has 0 bridgehead atoms. The van der Waals surface area contributed by atoms with E-state index in [-0.39, 0.29) is 0 Å². The molecule has 2 atom stereocenters. The predicted octanol–water partition coefficient (Wildman–Crippen LogP) is 3.94. The van der Waals surface area contributed by atoms with E-state index in [1.807, 2.05) is 6.07 Å². The standard InChI is InChI=1S/C18H14BrClO4/c1-23-17(21)18(22,12-5-3-6-13(19)10-12)15-9-8-11-4-2-7-14(20)16(11)24-15/h2-10,15,22H,1H3. The van der Waals surface area contributed by atoms with E-state index in [9.17, 15) is 9.90 Å². The highest BCUT2D eigenvalue weighted by Crippen LogP contribution is 2.39. The van der Waals surface area contributed by atoms with Crippen molar-refractivity contribution in [2.45, 2.75) is 11.7 Å². The van der Waals surface area contributed by atoms with Crippen LogP contribution in [0.4, 0.5) is 0 Å². The molecule has 1 aliphatic heterocycles. The maximum Gasteiger partial charge on any atom is 0.346 e. The molecule has 0 radical (unpaired) electrons. The van der Waals surface area contributed by atoms with E-state index in [1.54, 1.807) is 48.6 Å². The molecule has 2 aromatic carbocycles. The number of benzene rings is 2. The van der Waals surface area contributed by atoms with Crippen molar-refractivity contribution >= 4 is 39.6 Å². The molecule has 2 unspecified atom stereocenters. The highest BCUT2D eigenvalue weighted by molar-refractivity contribution is 9.10. The minimum absolute atomic E-state index is 0.355. The van der Waals surface area contributed by atoms with Gasteiger partial charge in [-0.25, -0.2) is 4.79 Å². The molecule has 124 valence electrons. The molecule has 1 aliphatic rings. The minimum Gasteiger partial charge on any atom is -0.480 e. The van der Waals surface area contributed by atoms with Gasteiger partial charge in [0.05, 0.1) is 12.1 Å². The van der Waals surface area contributed by atoms with Crippen molar-refractivity contribution in [3.05, 3.63) is 69.2 Å². The fraction of sp³-hybridized carbons (Fsp3) is 0.167. The summed E-state index contributed by atoms with van der Waals surface area (Å²) in [7, 11) is 1.22. The number of carbonyl (C=O) groups is 1. The third-order valence-corrected chi connectivity index (χ3v) is 4.66. The summed E-state index contributed by atoms with van der Waals surface area (Å²) in [5, 5.41) is 11.6. The van der Waals surface area contributed by atoms with Crippen LogP contribution in [0.1, 0.15) is 11.1 Å². The molecule has 0 saturated heterocycles. The molecule has 0 aliphatic carbocycles. The van der Waals surface area contributed by atoms with Gasteiger partial charge in [-0.05, 0) is 24.3 Å². The van der Waals surface area contributed by atoms with E-state index in [1.165, 1.54) is 7.11 Å². The van der Waals surface area contributed by atoms with Crippen LogP contribution in [-0.2, 0) is 15.1 Å². The van der Waals surface area contributed by atoms with Crippen molar-refractivity contribution < 1.29 is 19.4 Å². The van der Waals surface area contributed by atoms with Gasteiger partial charge in [-0.3, -0.25) is 0 Å². The summed E-state index contributed by atoms with van der Waals surface area (Å²) in [6, 6.07) is 12.1. The van der Waals surface area contributed by atoms with Crippen LogP contribution >= 0.6 is 27.5 Å². The van der Waals surface area contributed by atoms with Gasteiger partial charge in [0.25, 0.3) is 0 Å². The van der Waals surface area contributed by atoms with Crippen molar-refractivity contribution in [3.8, 4) is 5.75 Å². The predicted molar refractivity (Wildman–Crippen MR) is 95.0 cm³/mol. The van der Waals surface area contributed by atoms with Gasteiger partial charge < -0.3 is 14.6 Å². The second-order valence-electron chi connectivity index (χ2n) is 5.32. The summed E-state index contributed by atoms with van der Waals surface area (Å²) >= 11 is 9.52. The van der Waals surface area contributed by atoms with Crippen molar-refractivity contribution in [1.29, 1.82) is 0 Å². The zero-order valence-electron chi connectivity index (χ0n) is 12.7. The Bertz CT molecular complexity index is 820. The van der Waals surface area contributed by atoms with Gasteiger partial charge in [-0.2, -0.15) is 0 Å². The number of fused-ring (bicyclic) bond motifs is 1. The Labute approximate surface area is 152 Å². The summed E-state index contributed by atoms with van der Waals surface area (Å²) in [5.74, 6) is -0.394. The summed E-state index contributed by atoms with van der Waals surface area (Å²) in [5.41, 5.74) is -0.875. The molecule has 6 heteroatoms. The van der Waals surface area contributed by atoms with Crippen LogP contribution in [-0.4, -0.2) is 24.3 Å². The maximum absolute atomic E-state index is 12.4. The molecule has 4 nitrogen and oxygen atoms in total. The van der Waals surface area contributed by atoms with Gasteiger partial charge in [-0.15, -0.1) is 0 Å². The van der Waals surface area contributed by atoms with Crippen molar-refractivity contribution in [2.24, 2.45) is 0 Å². The zero-order chi connectivity index (χ0) is 17.3. The van der Waals surface area contributed by atoms with Gasteiger partial charge in [0.1, 0.15) is 5.75 Å². The Morgan fingerprint density at radius 2 is 2.08 bits per heavy atom. The van der Waals surface area contributed by atoms with E-state index in [4.69, 9.17) is 21.1 Å². The molecule has 0 aromatic heterocycles. The normalized spacial score (nSPS) is 18.2. The number of aliphatic hydroxyl groups is 1. The number of hydrogen-bond acceptors (Lipinski definition) is 4. The van der Waals surface area contributed by atoms with Gasteiger partial charge >= 0.3 is 5.97 Å². The number of rotatable bonds is 3. The third-order valence-electron chi connectivity index (χ3n) is 3.87. The Kier molecular flexibility index (Phi) is 4.67. The average molecular weight is 410 g/mol. The van der Waals surface area contributed by atoms with Crippen LogP contribution in [0.15, 0.2) is 53.0 Å². The summed E-state index contributed by atoms with van der Waals surface area (Å²) in [4.78, 5) is 12.4. The lowest BCUT2D eigenvalue weighted by Gasteiger charge is -2.34. The fourth-order valence-corrected chi connectivity index (χ4v) is 3.27. The smallest absolute Gasteiger partial charge is 0.346 e. The SMILES string of the molecule is COC(=O)C(O)(c1cccc(Br)c1)C1C=Cc2cccc(Cl)c2O1. The molecule has 0 saturated carbocycles. The van der Waals surface area contributed by atoms with E-state index in [0.29, 0.717) is 16.3 Å². The van der Waals surface area contributed by atoms with Crippen molar-refractivity contribution in [3.63, 3.8) is 0 Å². The van der Waals surface area contributed by atoms with E-state index in [2.05, 4.69) is 15.9 Å². The number of hydrogen-bond donors (Lipinski definition) is 1. The molecule has 1 heterocycles. The monoisotopic (exact) mass is 408 g/mol. The topological polar surface area (TPSA) is 55.8 Å². The van der Waals surface area contributed by atoms with E-state index >= 15 is 0 Å². The average Bonchev–Trinajstić information content (AvgIpc) is 2.60. The van der Waals surface area contributed by atoms with Crippen LogP contribution in [0.3, 0.4) is 0 Å². The Morgan fingerprint density at radius 3 is 2.79 bits per heavy atom. The minimum atomic E-state index is -2.01. The molecule has 0 spiro atoms. The maximum atomic E-state index is 12.4. The largest absolute Gasteiger partial charge is 0.480 e. The van der Waals surface area contributed by atoms with E-state index < -0.39 is 17.7 Å². The van der Waals surface area contributed by atoms with Crippen molar-refractivity contribution in [2.75, 3.05) is 7.11 Å². The Morgan fingerprint density at radius 1 is 1.33 bits per heavy atom. The first kappa shape index (κ1) is 17.0. The molecular weight excluding hydrogens is 396 g/mol. The Hall–Kier alpha value is -1.82. The van der Waals surface area contributed by atoms with Gasteiger partial charge in [0.15, 0.2) is 6.10 Å². The molecule has 24 heavy (non-hydrogen) atoms. The lowest BCUT2D eigenvalue weighted by atomic mass is 9.86. The second-order valence-corrected chi connectivity index (χ2v) is 6.65. The van der Waals surface area contributed by atoms with Crippen LogP contribution in [0.2, 0.25) is 5.02 Å². The molecule has 0 fully saturated rings. The lowest BCUT2D eigenvalue weighted by Crippen LogP contribution is -2.50. The summed E-state index contributed by atoms with van der Waals surface area (Å²) < 4.78 is 11.4. The van der Waals surface area contributed by atoms with Crippen molar-refractivity contribution in [1.82, 2.24) is 0 Å². The first-order valence-corrected chi connectivity index (χ1v) is 8.34. The molecule has 3 rings (SSSR count). The number of halogens is 2. The second kappa shape index (κ2) is 6.59. The zero-order valence-corrected chi connectivity index (χ0v) is 15.0. The number of esters is 1. The van der Waals surface area contributed by atoms with Gasteiger partial charge in [0, 0.05) is 15.6 Å². The van der Waals surface area contributed by atoms with Crippen LogP contribution < -0.4 is 4.74 Å². The molecule has 1 N–H and O–H groups in total.